The van der Waals surface area contributed by atoms with Crippen LogP contribution in [0, 0.1) is 11.8 Å². The van der Waals surface area contributed by atoms with Gasteiger partial charge in [0.25, 0.3) is 0 Å². The van der Waals surface area contributed by atoms with Crippen molar-refractivity contribution in [2.75, 3.05) is 51.3 Å². The number of carbonyl (C=O) groups excluding carboxylic acids is 1. The van der Waals surface area contributed by atoms with E-state index in [0.29, 0.717) is 24.2 Å². The molecule has 0 radical (unpaired) electrons. The van der Waals surface area contributed by atoms with Gasteiger partial charge in [-0.05, 0) is 43.8 Å². The standard InChI is InChI=1S/C19H30N4O2/c1-15(16-3-6-20-7-4-16)13-19(24)23-11-9-22(10-12-23)18-14-17(25-2)5-8-21-18/h5,8,14-16,20H,3-4,6-7,9-13H2,1-2H3. The number of methoxy groups -OCH3 is 1. The number of aromatic nitrogens is 1. The van der Waals surface area contributed by atoms with Crippen molar-refractivity contribution in [2.45, 2.75) is 26.2 Å². The van der Waals surface area contributed by atoms with Crippen molar-refractivity contribution in [1.29, 1.82) is 0 Å². The number of amides is 1. The number of hydrogen-bond donors (Lipinski definition) is 1. The molecule has 0 spiro atoms. The molecule has 2 saturated heterocycles. The second-order valence-electron chi connectivity index (χ2n) is 7.19. The molecule has 1 N–H and O–H groups in total. The van der Waals surface area contributed by atoms with Crippen LogP contribution < -0.4 is 15.0 Å². The molecule has 1 amide bonds. The molecule has 3 rings (SSSR count). The van der Waals surface area contributed by atoms with Crippen LogP contribution in [0.3, 0.4) is 0 Å². The molecule has 6 heteroatoms. The van der Waals surface area contributed by atoms with Crippen molar-refractivity contribution in [3.63, 3.8) is 0 Å². The summed E-state index contributed by atoms with van der Waals surface area (Å²) in [7, 11) is 1.67. The smallest absolute Gasteiger partial charge is 0.222 e. The molecular weight excluding hydrogens is 316 g/mol. The molecule has 0 bridgehead atoms. The fourth-order valence-corrected chi connectivity index (χ4v) is 3.87. The highest BCUT2D eigenvalue weighted by molar-refractivity contribution is 5.76. The second-order valence-corrected chi connectivity index (χ2v) is 7.19. The van der Waals surface area contributed by atoms with Crippen molar-refractivity contribution in [3.8, 4) is 5.75 Å². The van der Waals surface area contributed by atoms with E-state index in [-0.39, 0.29) is 0 Å². The van der Waals surface area contributed by atoms with Gasteiger partial charge in [0.05, 0.1) is 7.11 Å². The Morgan fingerprint density at radius 3 is 2.72 bits per heavy atom. The van der Waals surface area contributed by atoms with E-state index in [4.69, 9.17) is 4.74 Å². The van der Waals surface area contributed by atoms with E-state index in [0.717, 1.165) is 50.8 Å². The molecule has 138 valence electrons. The lowest BCUT2D eigenvalue weighted by Gasteiger charge is -2.36. The van der Waals surface area contributed by atoms with Gasteiger partial charge < -0.3 is 19.9 Å². The van der Waals surface area contributed by atoms with Gasteiger partial charge in [0, 0.05) is 44.9 Å². The van der Waals surface area contributed by atoms with Gasteiger partial charge in [0.15, 0.2) is 0 Å². The quantitative estimate of drug-likeness (QED) is 0.880. The van der Waals surface area contributed by atoms with Gasteiger partial charge in [-0.15, -0.1) is 0 Å². The molecule has 1 unspecified atom stereocenters. The Labute approximate surface area is 150 Å². The molecular formula is C19H30N4O2. The van der Waals surface area contributed by atoms with E-state index < -0.39 is 0 Å². The monoisotopic (exact) mass is 346 g/mol. The SMILES string of the molecule is COc1ccnc(N2CCN(C(=O)CC(C)C3CCNCC3)CC2)c1. The summed E-state index contributed by atoms with van der Waals surface area (Å²) in [6.45, 7) is 7.63. The van der Waals surface area contributed by atoms with Gasteiger partial charge in [0.1, 0.15) is 11.6 Å². The van der Waals surface area contributed by atoms with E-state index in [2.05, 4.69) is 22.1 Å². The first-order chi connectivity index (χ1) is 12.2. The van der Waals surface area contributed by atoms with E-state index in [9.17, 15) is 4.79 Å². The Balaban J connectivity index is 1.48. The van der Waals surface area contributed by atoms with Crippen LogP contribution >= 0.6 is 0 Å². The van der Waals surface area contributed by atoms with Crippen LogP contribution in [0.15, 0.2) is 18.3 Å². The van der Waals surface area contributed by atoms with Crippen LogP contribution in [0.2, 0.25) is 0 Å². The number of rotatable bonds is 5. The van der Waals surface area contributed by atoms with Crippen LogP contribution in [0.4, 0.5) is 5.82 Å². The fourth-order valence-electron chi connectivity index (χ4n) is 3.87. The molecule has 25 heavy (non-hydrogen) atoms. The average Bonchev–Trinajstić information content (AvgIpc) is 2.68. The third kappa shape index (κ3) is 4.63. The van der Waals surface area contributed by atoms with Gasteiger partial charge in [-0.2, -0.15) is 0 Å². The van der Waals surface area contributed by atoms with Crippen molar-refractivity contribution < 1.29 is 9.53 Å². The minimum atomic E-state index is 0.310. The number of pyridine rings is 1. The zero-order valence-electron chi connectivity index (χ0n) is 15.4. The molecule has 1 aromatic rings. The van der Waals surface area contributed by atoms with Crippen LogP contribution in [0.1, 0.15) is 26.2 Å². The molecule has 1 aromatic heterocycles. The summed E-state index contributed by atoms with van der Waals surface area (Å²) in [6.07, 6.45) is 4.85. The Hall–Kier alpha value is -1.82. The van der Waals surface area contributed by atoms with E-state index in [1.807, 2.05) is 17.0 Å². The Morgan fingerprint density at radius 2 is 2.04 bits per heavy atom. The van der Waals surface area contributed by atoms with Crippen molar-refractivity contribution >= 4 is 11.7 Å². The van der Waals surface area contributed by atoms with E-state index in [1.165, 1.54) is 12.8 Å². The second kappa shape index (κ2) is 8.52. The largest absolute Gasteiger partial charge is 0.497 e. The van der Waals surface area contributed by atoms with Gasteiger partial charge in [-0.1, -0.05) is 6.92 Å². The number of piperazine rings is 1. The lowest BCUT2D eigenvalue weighted by Crippen LogP contribution is -2.49. The minimum Gasteiger partial charge on any atom is -0.497 e. The lowest BCUT2D eigenvalue weighted by atomic mass is 9.84. The zero-order chi connectivity index (χ0) is 17.6. The van der Waals surface area contributed by atoms with Crippen LogP contribution in [-0.2, 0) is 4.79 Å². The van der Waals surface area contributed by atoms with Gasteiger partial charge in [-0.3, -0.25) is 4.79 Å². The topological polar surface area (TPSA) is 57.7 Å². The molecule has 2 aliphatic rings. The molecule has 0 aromatic carbocycles. The normalized spacial score (nSPS) is 20.4. The third-order valence-corrected chi connectivity index (χ3v) is 5.59. The van der Waals surface area contributed by atoms with Crippen LogP contribution in [0.25, 0.3) is 0 Å². The maximum atomic E-state index is 12.7. The number of anilines is 1. The van der Waals surface area contributed by atoms with Gasteiger partial charge >= 0.3 is 0 Å². The molecule has 0 saturated carbocycles. The Kier molecular flexibility index (Phi) is 6.13. The Morgan fingerprint density at radius 1 is 1.32 bits per heavy atom. The fraction of sp³-hybridized carbons (Fsp3) is 0.684. The number of nitrogens with zero attached hydrogens (tertiary/aromatic N) is 3. The summed E-state index contributed by atoms with van der Waals surface area (Å²) in [5.41, 5.74) is 0. The van der Waals surface area contributed by atoms with Gasteiger partial charge in [0.2, 0.25) is 5.91 Å². The molecule has 2 aliphatic heterocycles. The maximum absolute atomic E-state index is 12.7. The van der Waals surface area contributed by atoms with Gasteiger partial charge in [-0.25, -0.2) is 4.98 Å². The molecule has 6 nitrogen and oxygen atoms in total. The molecule has 1 atom stereocenters. The number of nitrogens with one attached hydrogen (secondary N) is 1. The first-order valence-electron chi connectivity index (χ1n) is 9.41. The predicted molar refractivity (Wildman–Crippen MR) is 99.0 cm³/mol. The highest BCUT2D eigenvalue weighted by Crippen LogP contribution is 2.25. The highest BCUT2D eigenvalue weighted by atomic mass is 16.5. The first kappa shape index (κ1) is 18.0. The summed E-state index contributed by atoms with van der Waals surface area (Å²) in [5, 5.41) is 3.40. The molecule has 3 heterocycles. The summed E-state index contributed by atoms with van der Waals surface area (Å²) in [5.74, 6) is 3.22. The summed E-state index contributed by atoms with van der Waals surface area (Å²) in [4.78, 5) is 21.3. The summed E-state index contributed by atoms with van der Waals surface area (Å²) < 4.78 is 5.27. The number of ether oxygens (including phenoxy) is 1. The van der Waals surface area contributed by atoms with Crippen molar-refractivity contribution in [3.05, 3.63) is 18.3 Å². The van der Waals surface area contributed by atoms with Crippen LogP contribution in [-0.4, -0.2) is 62.2 Å². The highest BCUT2D eigenvalue weighted by Gasteiger charge is 2.26. The summed E-state index contributed by atoms with van der Waals surface area (Å²) in [6, 6.07) is 3.81. The maximum Gasteiger partial charge on any atom is 0.222 e. The lowest BCUT2D eigenvalue weighted by molar-refractivity contribution is -0.132. The number of piperidine rings is 1. The number of carbonyl (C=O) groups is 1. The first-order valence-corrected chi connectivity index (χ1v) is 9.41. The number of hydrogen-bond acceptors (Lipinski definition) is 5. The minimum absolute atomic E-state index is 0.310. The van der Waals surface area contributed by atoms with Crippen LogP contribution in [0.5, 0.6) is 5.75 Å². The predicted octanol–water partition coefficient (Wildman–Crippen LogP) is 1.76. The van der Waals surface area contributed by atoms with E-state index >= 15 is 0 Å². The third-order valence-electron chi connectivity index (χ3n) is 5.59. The zero-order valence-corrected chi connectivity index (χ0v) is 15.4. The summed E-state index contributed by atoms with van der Waals surface area (Å²) >= 11 is 0. The van der Waals surface area contributed by atoms with Crippen molar-refractivity contribution in [2.24, 2.45) is 11.8 Å². The average molecular weight is 346 g/mol. The molecule has 2 fully saturated rings. The Bertz CT molecular complexity index is 566. The van der Waals surface area contributed by atoms with Crippen molar-refractivity contribution in [1.82, 2.24) is 15.2 Å². The molecule has 0 aliphatic carbocycles. The van der Waals surface area contributed by atoms with E-state index in [1.54, 1.807) is 13.3 Å².